The monoisotopic (exact) mass is 323 g/mol. The zero-order chi connectivity index (χ0) is 14.7. The van der Waals surface area contributed by atoms with Crippen molar-refractivity contribution >= 4 is 39.1 Å². The fourth-order valence-corrected chi connectivity index (χ4v) is 6.49. The summed E-state index contributed by atoms with van der Waals surface area (Å²) in [6.07, 6.45) is 0. The summed E-state index contributed by atoms with van der Waals surface area (Å²) in [5, 5.41) is 1.26. The van der Waals surface area contributed by atoms with E-state index < -0.39 is 0 Å². The van der Waals surface area contributed by atoms with Crippen LogP contribution in [0.4, 0.5) is 0 Å². The Labute approximate surface area is 136 Å². The minimum Gasteiger partial charge on any atom is -0.314 e. The zero-order valence-corrected chi connectivity index (χ0v) is 13.4. The molecule has 0 spiro atoms. The van der Waals surface area contributed by atoms with E-state index >= 15 is 0 Å². The first-order valence-electron chi connectivity index (χ1n) is 7.35. The number of carbonyl (C=O) groups is 1. The number of thioether (sulfide) groups is 1. The molecule has 0 aliphatic carbocycles. The Morgan fingerprint density at radius 1 is 1.05 bits per heavy atom. The van der Waals surface area contributed by atoms with Crippen LogP contribution in [0.1, 0.15) is 20.8 Å². The van der Waals surface area contributed by atoms with E-state index in [1.165, 1.54) is 15.0 Å². The molecule has 22 heavy (non-hydrogen) atoms. The van der Waals surface area contributed by atoms with Crippen LogP contribution in [0.25, 0.3) is 10.1 Å². The van der Waals surface area contributed by atoms with E-state index in [-0.39, 0.29) is 10.8 Å². The number of rotatable bonds is 1. The summed E-state index contributed by atoms with van der Waals surface area (Å²) in [7, 11) is 0. The summed E-state index contributed by atoms with van der Waals surface area (Å²) < 4.78 is 1.29. The summed E-state index contributed by atoms with van der Waals surface area (Å²) in [5.41, 5.74) is 2.03. The predicted molar refractivity (Wildman–Crippen MR) is 92.5 cm³/mol. The van der Waals surface area contributed by atoms with Gasteiger partial charge in [-0.15, -0.1) is 23.1 Å². The van der Waals surface area contributed by atoms with Crippen molar-refractivity contribution in [2.45, 2.75) is 4.87 Å². The van der Waals surface area contributed by atoms with Gasteiger partial charge in [0, 0.05) is 33.0 Å². The SMILES string of the molecule is O=C1c2ccccc2C2(c3cc4ccccc4s3)SCCN12. The van der Waals surface area contributed by atoms with Gasteiger partial charge in [0.2, 0.25) is 0 Å². The lowest BCUT2D eigenvalue weighted by molar-refractivity contribution is 0.0755. The van der Waals surface area contributed by atoms with Crippen LogP contribution < -0.4 is 0 Å². The Bertz CT molecular complexity index is 883. The lowest BCUT2D eigenvalue weighted by atomic mass is 10.0. The first kappa shape index (κ1) is 12.7. The number of carbonyl (C=O) groups excluding carboxylic acids is 1. The van der Waals surface area contributed by atoms with Crippen LogP contribution in [0.15, 0.2) is 54.6 Å². The number of hydrogen-bond acceptors (Lipinski definition) is 3. The first-order valence-corrected chi connectivity index (χ1v) is 9.15. The number of amides is 1. The van der Waals surface area contributed by atoms with Gasteiger partial charge in [-0.25, -0.2) is 0 Å². The van der Waals surface area contributed by atoms with Gasteiger partial charge in [-0.3, -0.25) is 4.79 Å². The summed E-state index contributed by atoms with van der Waals surface area (Å²) in [5.74, 6) is 1.17. The molecule has 0 saturated carbocycles. The van der Waals surface area contributed by atoms with Crippen LogP contribution in [0, 0.1) is 0 Å². The molecule has 1 unspecified atom stereocenters. The molecule has 1 saturated heterocycles. The van der Waals surface area contributed by atoms with Gasteiger partial charge < -0.3 is 4.90 Å². The third-order valence-electron chi connectivity index (χ3n) is 4.53. The van der Waals surface area contributed by atoms with E-state index in [9.17, 15) is 4.79 Å². The number of nitrogens with zero attached hydrogens (tertiary/aromatic N) is 1. The van der Waals surface area contributed by atoms with Crippen molar-refractivity contribution in [3.05, 3.63) is 70.6 Å². The highest BCUT2D eigenvalue weighted by atomic mass is 32.2. The maximum atomic E-state index is 12.8. The third kappa shape index (κ3) is 1.44. The van der Waals surface area contributed by atoms with E-state index in [0.717, 1.165) is 23.4 Å². The molecule has 0 radical (unpaired) electrons. The van der Waals surface area contributed by atoms with Crippen molar-refractivity contribution in [3.63, 3.8) is 0 Å². The molecule has 2 aliphatic heterocycles. The molecule has 1 fully saturated rings. The van der Waals surface area contributed by atoms with Crippen LogP contribution in [-0.4, -0.2) is 23.1 Å². The van der Waals surface area contributed by atoms with Crippen molar-refractivity contribution in [2.75, 3.05) is 12.3 Å². The molecule has 0 bridgehead atoms. The second-order valence-electron chi connectivity index (χ2n) is 5.64. The topological polar surface area (TPSA) is 20.3 Å². The third-order valence-corrected chi connectivity index (χ3v) is 7.35. The average Bonchev–Trinajstić information content (AvgIpc) is 3.22. The smallest absolute Gasteiger partial charge is 0.255 e. The number of benzene rings is 2. The van der Waals surface area contributed by atoms with E-state index in [1.54, 1.807) is 0 Å². The van der Waals surface area contributed by atoms with Crippen LogP contribution in [0.5, 0.6) is 0 Å². The highest BCUT2D eigenvalue weighted by molar-refractivity contribution is 8.00. The van der Waals surface area contributed by atoms with Crippen LogP contribution >= 0.6 is 23.1 Å². The molecule has 2 aliphatic rings. The quantitative estimate of drug-likeness (QED) is 0.665. The Morgan fingerprint density at radius 3 is 2.77 bits per heavy atom. The number of thiophene rings is 1. The lowest BCUT2D eigenvalue weighted by Gasteiger charge is -2.30. The molecule has 0 N–H and O–H groups in total. The van der Waals surface area contributed by atoms with Crippen molar-refractivity contribution < 1.29 is 4.79 Å². The Kier molecular flexibility index (Phi) is 2.53. The predicted octanol–water partition coefficient (Wildman–Crippen LogP) is 4.31. The lowest BCUT2D eigenvalue weighted by Crippen LogP contribution is -2.37. The summed E-state index contributed by atoms with van der Waals surface area (Å²) >= 11 is 3.70. The Morgan fingerprint density at radius 2 is 1.86 bits per heavy atom. The molecule has 3 heterocycles. The average molecular weight is 323 g/mol. The molecular formula is C18H13NOS2. The van der Waals surface area contributed by atoms with Gasteiger partial charge in [0.15, 0.2) is 4.87 Å². The molecule has 3 aromatic rings. The molecule has 5 rings (SSSR count). The van der Waals surface area contributed by atoms with Crippen LogP contribution in [-0.2, 0) is 4.87 Å². The fourth-order valence-electron chi connectivity index (χ4n) is 3.58. The Hall–Kier alpha value is -1.78. The second-order valence-corrected chi connectivity index (χ2v) is 8.01. The normalized spacial score (nSPS) is 23.1. The van der Waals surface area contributed by atoms with E-state index in [2.05, 4.69) is 41.3 Å². The maximum Gasteiger partial charge on any atom is 0.255 e. The fraction of sp³-hybridized carbons (Fsp3) is 0.167. The number of fused-ring (bicyclic) bond motifs is 4. The van der Waals surface area contributed by atoms with E-state index in [0.29, 0.717) is 0 Å². The largest absolute Gasteiger partial charge is 0.314 e. The summed E-state index contributed by atoms with van der Waals surface area (Å²) in [4.78, 5) is 15.8. The summed E-state index contributed by atoms with van der Waals surface area (Å²) in [6, 6.07) is 18.8. The molecule has 2 aromatic carbocycles. The minimum atomic E-state index is -0.308. The molecule has 108 valence electrons. The first-order chi connectivity index (χ1) is 10.8. The van der Waals surface area contributed by atoms with E-state index in [4.69, 9.17) is 0 Å². The van der Waals surface area contributed by atoms with Gasteiger partial charge >= 0.3 is 0 Å². The molecular weight excluding hydrogens is 310 g/mol. The standard InChI is InChI=1S/C18H13NOS2/c20-17-13-6-2-3-7-14(13)18(19(17)9-10-21-18)16-11-12-5-1-4-8-15(12)22-16/h1-8,11H,9-10H2. The van der Waals surface area contributed by atoms with Gasteiger partial charge in [0.25, 0.3) is 5.91 Å². The van der Waals surface area contributed by atoms with Crippen molar-refractivity contribution in [3.8, 4) is 0 Å². The summed E-state index contributed by atoms with van der Waals surface area (Å²) in [6.45, 7) is 0.826. The number of hydrogen-bond donors (Lipinski definition) is 0. The maximum absolute atomic E-state index is 12.8. The Balaban J connectivity index is 1.82. The zero-order valence-electron chi connectivity index (χ0n) is 11.8. The van der Waals surface area contributed by atoms with Crippen LogP contribution in [0.2, 0.25) is 0 Å². The van der Waals surface area contributed by atoms with Crippen LogP contribution in [0.3, 0.4) is 0 Å². The highest BCUT2D eigenvalue weighted by Gasteiger charge is 2.54. The van der Waals surface area contributed by atoms with Gasteiger partial charge in [-0.2, -0.15) is 0 Å². The van der Waals surface area contributed by atoms with Gasteiger partial charge in [0.05, 0.1) is 0 Å². The molecule has 1 aromatic heterocycles. The second kappa shape index (κ2) is 4.37. The molecule has 1 atom stereocenters. The molecule has 1 amide bonds. The van der Waals surface area contributed by atoms with E-state index in [1.807, 2.05) is 41.3 Å². The van der Waals surface area contributed by atoms with Gasteiger partial charge in [0.1, 0.15) is 0 Å². The van der Waals surface area contributed by atoms with Gasteiger partial charge in [-0.1, -0.05) is 36.4 Å². The van der Waals surface area contributed by atoms with Crippen molar-refractivity contribution in [2.24, 2.45) is 0 Å². The molecule has 4 heteroatoms. The van der Waals surface area contributed by atoms with Gasteiger partial charge in [-0.05, 0) is 23.6 Å². The molecule has 2 nitrogen and oxygen atoms in total. The minimum absolute atomic E-state index is 0.179. The highest BCUT2D eigenvalue weighted by Crippen LogP contribution is 2.57. The van der Waals surface area contributed by atoms with Crippen molar-refractivity contribution in [1.29, 1.82) is 0 Å². The van der Waals surface area contributed by atoms with Crippen molar-refractivity contribution in [1.82, 2.24) is 4.90 Å².